The number of pyridine rings is 1. The number of ether oxygens (including phenoxy) is 2. The lowest BCUT2D eigenvalue weighted by Crippen LogP contribution is -2.32. The molecule has 2 aromatic rings. The summed E-state index contributed by atoms with van der Waals surface area (Å²) in [5.74, 6) is 0.0235. The van der Waals surface area contributed by atoms with E-state index in [4.69, 9.17) is 9.47 Å². The fraction of sp³-hybridized carbons (Fsp3) is 0.478. The first-order chi connectivity index (χ1) is 17.5. The largest absolute Gasteiger partial charge is 0.439 e. The Morgan fingerprint density at radius 2 is 1.55 bits per heavy atom. The van der Waals surface area contributed by atoms with Crippen LogP contribution >= 0.6 is 0 Å². The van der Waals surface area contributed by atoms with Crippen molar-refractivity contribution >= 4 is 11.9 Å². The summed E-state index contributed by atoms with van der Waals surface area (Å²) in [5, 5.41) is 2.95. The van der Waals surface area contributed by atoms with Crippen molar-refractivity contribution in [2.75, 3.05) is 18.5 Å². The number of carbonyl (C=O) groups excluding carboxylic acids is 1. The first-order valence-corrected chi connectivity index (χ1v) is 11.2. The maximum atomic E-state index is 13.4. The summed E-state index contributed by atoms with van der Waals surface area (Å²) in [7, 11) is 0. The van der Waals surface area contributed by atoms with E-state index in [1.165, 1.54) is 6.92 Å². The molecule has 1 amide bonds. The Balaban J connectivity index is 1.67. The molecular weight excluding hydrogens is 537 g/mol. The summed E-state index contributed by atoms with van der Waals surface area (Å²) >= 11 is 0. The van der Waals surface area contributed by atoms with Crippen LogP contribution in [0.1, 0.15) is 47.3 Å². The molecule has 2 fully saturated rings. The molecule has 1 N–H and O–H groups in total. The molecule has 0 radical (unpaired) electrons. The van der Waals surface area contributed by atoms with E-state index in [0.717, 1.165) is 11.0 Å². The maximum absolute atomic E-state index is 13.4. The molecule has 0 spiro atoms. The minimum Gasteiger partial charge on any atom is -0.439 e. The summed E-state index contributed by atoms with van der Waals surface area (Å²) in [6.07, 6.45) is -16.5. The van der Waals surface area contributed by atoms with Crippen LogP contribution in [0.4, 0.5) is 50.1 Å². The van der Waals surface area contributed by atoms with Gasteiger partial charge in [0, 0.05) is 18.4 Å². The lowest BCUT2D eigenvalue weighted by molar-refractivity contribution is -0.143. The molecular formula is C23H20F9N3O3. The number of nitrogens with zero attached hydrogens (tertiary/aromatic N) is 2. The van der Waals surface area contributed by atoms with Gasteiger partial charge in [-0.25, -0.2) is 9.78 Å². The van der Waals surface area contributed by atoms with E-state index in [9.17, 15) is 44.3 Å². The van der Waals surface area contributed by atoms with Gasteiger partial charge >= 0.3 is 24.6 Å². The molecule has 3 heterocycles. The zero-order chi connectivity index (χ0) is 28.0. The molecule has 3 atom stereocenters. The number of alkyl halides is 9. The van der Waals surface area contributed by atoms with Crippen LogP contribution in [0.25, 0.3) is 0 Å². The Bertz CT molecular complexity index is 1160. The third kappa shape index (κ3) is 5.92. The molecule has 1 aromatic carbocycles. The van der Waals surface area contributed by atoms with Gasteiger partial charge in [0.1, 0.15) is 11.9 Å². The first-order valence-electron chi connectivity index (χ1n) is 11.2. The van der Waals surface area contributed by atoms with Gasteiger partial charge in [-0.05, 0) is 43.2 Å². The summed E-state index contributed by atoms with van der Waals surface area (Å²) in [4.78, 5) is 17.4. The molecule has 0 saturated carbocycles. The van der Waals surface area contributed by atoms with E-state index in [0.29, 0.717) is 31.4 Å². The Hall–Kier alpha value is -3.23. The smallest absolute Gasteiger partial charge is 0.417 e. The Morgan fingerprint density at radius 1 is 0.947 bits per heavy atom. The number of halogens is 9. The number of hydrogen-bond donors (Lipinski definition) is 1. The molecule has 15 heteroatoms. The maximum Gasteiger partial charge on any atom is 0.417 e. The van der Waals surface area contributed by atoms with Gasteiger partial charge in [0.15, 0.2) is 0 Å². The molecule has 1 aromatic heterocycles. The quantitative estimate of drug-likeness (QED) is 0.430. The zero-order valence-corrected chi connectivity index (χ0v) is 19.5. The average Bonchev–Trinajstić information content (AvgIpc) is 3.41. The highest BCUT2D eigenvalue weighted by Gasteiger charge is 2.44. The van der Waals surface area contributed by atoms with E-state index < -0.39 is 65.6 Å². The second kappa shape index (κ2) is 9.82. The van der Waals surface area contributed by atoms with Gasteiger partial charge in [-0.2, -0.15) is 39.5 Å². The lowest BCUT2D eigenvalue weighted by Gasteiger charge is -2.24. The normalized spacial score (nSPS) is 22.6. The minimum absolute atomic E-state index is 0.0235. The number of cyclic esters (lactones) is 1. The zero-order valence-electron chi connectivity index (χ0n) is 19.5. The van der Waals surface area contributed by atoms with Gasteiger partial charge in [0.25, 0.3) is 0 Å². The Kier molecular flexibility index (Phi) is 7.18. The molecule has 208 valence electrons. The molecule has 0 bridgehead atoms. The van der Waals surface area contributed by atoms with Crippen molar-refractivity contribution in [3.63, 3.8) is 0 Å². The van der Waals surface area contributed by atoms with Crippen LogP contribution in [0.15, 0.2) is 30.5 Å². The number of anilines is 1. The first kappa shape index (κ1) is 27.8. The van der Waals surface area contributed by atoms with Gasteiger partial charge in [0.2, 0.25) is 0 Å². The highest BCUT2D eigenvalue weighted by Crippen LogP contribution is 2.41. The molecule has 2 aliphatic heterocycles. The summed E-state index contributed by atoms with van der Waals surface area (Å²) in [6, 6.07) is 0.216. The van der Waals surface area contributed by atoms with E-state index >= 15 is 0 Å². The van der Waals surface area contributed by atoms with E-state index in [2.05, 4.69) is 10.3 Å². The van der Waals surface area contributed by atoms with Crippen molar-refractivity contribution < 1.29 is 53.8 Å². The van der Waals surface area contributed by atoms with Crippen molar-refractivity contribution in [3.05, 3.63) is 58.3 Å². The molecule has 4 rings (SSSR count). The Morgan fingerprint density at radius 3 is 2.08 bits per heavy atom. The fourth-order valence-corrected chi connectivity index (χ4v) is 4.24. The van der Waals surface area contributed by atoms with Crippen LogP contribution in [0, 0.1) is 0 Å². The third-order valence-electron chi connectivity index (χ3n) is 6.24. The van der Waals surface area contributed by atoms with Crippen LogP contribution in [0.2, 0.25) is 0 Å². The van der Waals surface area contributed by atoms with Gasteiger partial charge < -0.3 is 14.8 Å². The van der Waals surface area contributed by atoms with Crippen LogP contribution in [0.3, 0.4) is 0 Å². The summed E-state index contributed by atoms with van der Waals surface area (Å²) in [6.45, 7) is 1.49. The highest BCUT2D eigenvalue weighted by molar-refractivity contribution is 5.71. The summed E-state index contributed by atoms with van der Waals surface area (Å²) in [5.41, 5.74) is -4.91. The number of rotatable bonds is 5. The van der Waals surface area contributed by atoms with Gasteiger partial charge in [0.05, 0.1) is 41.9 Å². The van der Waals surface area contributed by atoms with Crippen molar-refractivity contribution in [1.82, 2.24) is 9.88 Å². The SMILES string of the molecule is C[C@H]1[C@@H](c2cc(C(F)(F)F)cc(C(F)(F)F)c2)OC(=O)N1Cc1cc(C(F)(F)F)cnc1NC1CCOC1. The topological polar surface area (TPSA) is 63.7 Å². The van der Waals surface area contributed by atoms with E-state index in [-0.39, 0.29) is 30.1 Å². The number of aromatic nitrogens is 1. The fourth-order valence-electron chi connectivity index (χ4n) is 4.24. The number of carbonyl (C=O) groups is 1. The van der Waals surface area contributed by atoms with Gasteiger partial charge in [-0.3, -0.25) is 4.90 Å². The molecule has 1 unspecified atom stereocenters. The lowest BCUT2D eigenvalue weighted by atomic mass is 9.97. The highest BCUT2D eigenvalue weighted by atomic mass is 19.4. The van der Waals surface area contributed by atoms with Crippen LogP contribution in [0.5, 0.6) is 0 Å². The van der Waals surface area contributed by atoms with Crippen LogP contribution in [-0.2, 0) is 34.5 Å². The van der Waals surface area contributed by atoms with Gasteiger partial charge in [-0.15, -0.1) is 0 Å². The number of benzene rings is 1. The molecule has 6 nitrogen and oxygen atoms in total. The van der Waals surface area contributed by atoms with E-state index in [1.807, 2.05) is 0 Å². The minimum atomic E-state index is -5.12. The molecule has 0 aliphatic carbocycles. The van der Waals surface area contributed by atoms with Crippen molar-refractivity contribution in [3.8, 4) is 0 Å². The predicted molar refractivity (Wildman–Crippen MR) is 113 cm³/mol. The monoisotopic (exact) mass is 557 g/mol. The second-order valence-electron chi connectivity index (χ2n) is 8.95. The number of hydrogen-bond acceptors (Lipinski definition) is 5. The average molecular weight is 557 g/mol. The molecule has 2 saturated heterocycles. The molecule has 2 aliphatic rings. The van der Waals surface area contributed by atoms with Crippen LogP contribution in [-0.4, -0.2) is 41.3 Å². The summed E-state index contributed by atoms with van der Waals surface area (Å²) < 4.78 is 130. The number of amides is 1. The number of nitrogens with one attached hydrogen (secondary N) is 1. The third-order valence-corrected chi connectivity index (χ3v) is 6.24. The standard InChI is InChI=1S/C23H20F9N3O3/c1-11-18(12-4-14(21(24,25)26)7-15(5-12)22(27,28)29)38-20(36)35(11)9-13-6-16(23(30,31)32)8-33-19(13)34-17-2-3-37-10-17/h4-8,11,17-18H,2-3,9-10H2,1H3,(H,33,34)/t11-,17?,18-/m0/s1. The van der Waals surface area contributed by atoms with Crippen molar-refractivity contribution in [2.24, 2.45) is 0 Å². The predicted octanol–water partition coefficient (Wildman–Crippen LogP) is 6.42. The van der Waals surface area contributed by atoms with Crippen LogP contribution < -0.4 is 5.32 Å². The van der Waals surface area contributed by atoms with Crippen molar-refractivity contribution in [1.29, 1.82) is 0 Å². The Labute approximate surface area is 209 Å². The molecule has 38 heavy (non-hydrogen) atoms. The van der Waals surface area contributed by atoms with E-state index in [1.54, 1.807) is 0 Å². The second-order valence-corrected chi connectivity index (χ2v) is 8.95. The van der Waals surface area contributed by atoms with Gasteiger partial charge in [-0.1, -0.05) is 0 Å². The van der Waals surface area contributed by atoms with Crippen molar-refractivity contribution in [2.45, 2.75) is 56.6 Å².